The van der Waals surface area contributed by atoms with Crippen LogP contribution in [0.5, 0.6) is 5.75 Å². The lowest BCUT2D eigenvalue weighted by Crippen LogP contribution is -2.42. The molecular formula is C19H22BrNO6. The van der Waals surface area contributed by atoms with E-state index in [9.17, 15) is 14.4 Å². The Hall–Kier alpha value is -2.35. The number of amides is 1. The van der Waals surface area contributed by atoms with Crippen molar-refractivity contribution in [3.8, 4) is 5.75 Å². The molecule has 0 spiro atoms. The summed E-state index contributed by atoms with van der Waals surface area (Å²) in [6.07, 6.45) is 3.92. The van der Waals surface area contributed by atoms with Gasteiger partial charge in [0, 0.05) is 29.2 Å². The van der Waals surface area contributed by atoms with Crippen molar-refractivity contribution >= 4 is 39.9 Å². The quantitative estimate of drug-likeness (QED) is 0.499. The smallest absolute Gasteiger partial charge is 0.331 e. The molecule has 1 fully saturated rings. The number of hydrogen-bond donors (Lipinski definition) is 0. The minimum Gasteiger partial charge on any atom is -0.496 e. The molecule has 0 radical (unpaired) electrons. The molecule has 1 heterocycles. The Balaban J connectivity index is 1.81. The predicted octanol–water partition coefficient (Wildman–Crippen LogP) is 2.43. The zero-order valence-corrected chi connectivity index (χ0v) is 16.9. The average Bonchev–Trinajstić information content (AvgIpc) is 2.70. The van der Waals surface area contributed by atoms with Crippen molar-refractivity contribution in [1.82, 2.24) is 4.90 Å². The maximum absolute atomic E-state index is 12.2. The van der Waals surface area contributed by atoms with Gasteiger partial charge in [0.05, 0.1) is 20.1 Å². The summed E-state index contributed by atoms with van der Waals surface area (Å²) in [6, 6.07) is 5.41. The molecule has 146 valence electrons. The Bertz CT molecular complexity index is 725. The Morgan fingerprint density at radius 2 is 1.93 bits per heavy atom. The van der Waals surface area contributed by atoms with Crippen LogP contribution in [-0.2, 0) is 23.9 Å². The van der Waals surface area contributed by atoms with E-state index in [0.717, 1.165) is 4.47 Å². The van der Waals surface area contributed by atoms with Crippen molar-refractivity contribution < 1.29 is 28.6 Å². The topological polar surface area (TPSA) is 82.1 Å². The minimum absolute atomic E-state index is 0.176. The number of methoxy groups -OCH3 is 2. The number of piperidine rings is 1. The van der Waals surface area contributed by atoms with Crippen LogP contribution in [0.1, 0.15) is 18.4 Å². The summed E-state index contributed by atoms with van der Waals surface area (Å²) in [6.45, 7) is 0.560. The van der Waals surface area contributed by atoms with E-state index in [4.69, 9.17) is 14.2 Å². The molecule has 8 heteroatoms. The summed E-state index contributed by atoms with van der Waals surface area (Å²) in [7, 11) is 2.90. The van der Waals surface area contributed by atoms with Crippen molar-refractivity contribution in [2.75, 3.05) is 33.9 Å². The Morgan fingerprint density at radius 1 is 1.22 bits per heavy atom. The van der Waals surface area contributed by atoms with Crippen LogP contribution in [-0.4, -0.2) is 56.7 Å². The number of carbonyl (C=O) groups excluding carboxylic acids is 3. The third kappa shape index (κ3) is 6.09. The van der Waals surface area contributed by atoms with Crippen molar-refractivity contribution in [1.29, 1.82) is 0 Å². The molecule has 0 aliphatic carbocycles. The molecule has 1 aromatic rings. The number of benzene rings is 1. The molecule has 7 nitrogen and oxygen atoms in total. The molecule has 0 N–H and O–H groups in total. The van der Waals surface area contributed by atoms with Gasteiger partial charge in [-0.3, -0.25) is 9.59 Å². The normalized spacial score (nSPS) is 14.9. The molecular weight excluding hydrogens is 418 g/mol. The second kappa shape index (κ2) is 10.1. The van der Waals surface area contributed by atoms with Crippen LogP contribution in [0.15, 0.2) is 28.7 Å². The van der Waals surface area contributed by atoms with Crippen molar-refractivity contribution in [3.63, 3.8) is 0 Å². The first-order chi connectivity index (χ1) is 12.9. The summed E-state index contributed by atoms with van der Waals surface area (Å²) in [5.74, 6) is -0.701. The predicted molar refractivity (Wildman–Crippen MR) is 102 cm³/mol. The van der Waals surface area contributed by atoms with Crippen molar-refractivity contribution in [2.45, 2.75) is 12.8 Å². The molecule has 0 atom stereocenters. The summed E-state index contributed by atoms with van der Waals surface area (Å²) >= 11 is 3.36. The van der Waals surface area contributed by atoms with E-state index in [-0.39, 0.29) is 24.4 Å². The first-order valence-corrected chi connectivity index (χ1v) is 9.28. The molecule has 0 unspecified atom stereocenters. The third-order valence-electron chi connectivity index (χ3n) is 4.31. The van der Waals surface area contributed by atoms with E-state index in [2.05, 4.69) is 15.9 Å². The molecule has 1 aliphatic rings. The number of esters is 2. The van der Waals surface area contributed by atoms with Crippen LogP contribution in [0.3, 0.4) is 0 Å². The number of halogens is 1. The zero-order valence-electron chi connectivity index (χ0n) is 15.3. The fraction of sp³-hybridized carbons (Fsp3) is 0.421. The second-order valence-corrected chi connectivity index (χ2v) is 6.92. The Kier molecular flexibility index (Phi) is 7.84. The van der Waals surface area contributed by atoms with Crippen LogP contribution in [0.2, 0.25) is 0 Å². The number of likely N-dealkylation sites (tertiary alicyclic amines) is 1. The van der Waals surface area contributed by atoms with Crippen molar-refractivity contribution in [3.05, 3.63) is 34.3 Å². The number of hydrogen-bond acceptors (Lipinski definition) is 6. The van der Waals surface area contributed by atoms with Crippen LogP contribution in [0, 0.1) is 5.92 Å². The van der Waals surface area contributed by atoms with Gasteiger partial charge in [0.15, 0.2) is 6.61 Å². The zero-order chi connectivity index (χ0) is 19.8. The highest BCUT2D eigenvalue weighted by Gasteiger charge is 2.28. The van der Waals surface area contributed by atoms with Gasteiger partial charge < -0.3 is 19.1 Å². The molecule has 0 aromatic heterocycles. The first kappa shape index (κ1) is 21.0. The molecule has 2 rings (SSSR count). The van der Waals surface area contributed by atoms with Gasteiger partial charge >= 0.3 is 11.9 Å². The van der Waals surface area contributed by atoms with Crippen molar-refractivity contribution in [2.24, 2.45) is 5.92 Å². The lowest BCUT2D eigenvalue weighted by Gasteiger charge is -2.30. The summed E-state index contributed by atoms with van der Waals surface area (Å²) in [5.41, 5.74) is 0.708. The Labute approximate surface area is 166 Å². The fourth-order valence-electron chi connectivity index (χ4n) is 2.80. The maximum Gasteiger partial charge on any atom is 0.331 e. The molecule has 0 saturated carbocycles. The van der Waals surface area contributed by atoms with E-state index in [1.165, 1.54) is 13.2 Å². The number of nitrogens with zero attached hydrogens (tertiary/aromatic N) is 1. The summed E-state index contributed by atoms with van der Waals surface area (Å²) < 4.78 is 15.8. The van der Waals surface area contributed by atoms with Gasteiger partial charge in [0.2, 0.25) is 0 Å². The van der Waals surface area contributed by atoms with Gasteiger partial charge in [-0.1, -0.05) is 15.9 Å². The molecule has 1 aliphatic heterocycles. The third-order valence-corrected chi connectivity index (χ3v) is 4.80. The molecule has 1 aromatic carbocycles. The molecule has 27 heavy (non-hydrogen) atoms. The van der Waals surface area contributed by atoms with E-state index in [0.29, 0.717) is 37.2 Å². The SMILES string of the molecule is COC(=O)C1CCN(C(=O)COC(=O)/C=C/c2cc(Br)ccc2OC)CC1. The van der Waals surface area contributed by atoms with Crippen LogP contribution >= 0.6 is 15.9 Å². The van der Waals surface area contributed by atoms with Crippen LogP contribution in [0.4, 0.5) is 0 Å². The van der Waals surface area contributed by atoms with Gasteiger partial charge in [0.25, 0.3) is 5.91 Å². The Morgan fingerprint density at radius 3 is 2.56 bits per heavy atom. The van der Waals surface area contributed by atoms with E-state index < -0.39 is 5.97 Å². The van der Waals surface area contributed by atoms with Gasteiger partial charge in [-0.25, -0.2) is 4.79 Å². The average molecular weight is 440 g/mol. The van der Waals surface area contributed by atoms with Gasteiger partial charge in [-0.2, -0.15) is 0 Å². The highest BCUT2D eigenvalue weighted by Crippen LogP contribution is 2.24. The molecule has 1 saturated heterocycles. The van der Waals surface area contributed by atoms with E-state index >= 15 is 0 Å². The number of rotatable bonds is 6. The van der Waals surface area contributed by atoms with E-state index in [1.807, 2.05) is 6.07 Å². The maximum atomic E-state index is 12.2. The summed E-state index contributed by atoms with van der Waals surface area (Å²) in [4.78, 5) is 37.1. The highest BCUT2D eigenvalue weighted by atomic mass is 79.9. The summed E-state index contributed by atoms with van der Waals surface area (Å²) in [5, 5.41) is 0. The number of carbonyl (C=O) groups is 3. The number of ether oxygens (including phenoxy) is 3. The van der Waals surface area contributed by atoms with Gasteiger partial charge in [0.1, 0.15) is 5.75 Å². The molecule has 1 amide bonds. The second-order valence-electron chi connectivity index (χ2n) is 6.01. The first-order valence-electron chi connectivity index (χ1n) is 8.48. The van der Waals surface area contributed by atoms with Crippen LogP contribution < -0.4 is 4.74 Å². The lowest BCUT2D eigenvalue weighted by molar-refractivity contribution is -0.151. The van der Waals surface area contributed by atoms with Gasteiger partial charge in [-0.15, -0.1) is 0 Å². The lowest BCUT2D eigenvalue weighted by atomic mass is 9.97. The van der Waals surface area contributed by atoms with Gasteiger partial charge in [-0.05, 0) is 37.1 Å². The molecule has 0 bridgehead atoms. The van der Waals surface area contributed by atoms with Crippen LogP contribution in [0.25, 0.3) is 6.08 Å². The minimum atomic E-state index is -0.616. The fourth-order valence-corrected chi connectivity index (χ4v) is 3.18. The standard InChI is InChI=1S/C19H22BrNO6/c1-25-16-5-4-15(20)11-14(16)3-6-18(23)27-12-17(22)21-9-7-13(8-10-21)19(24)26-2/h3-6,11,13H,7-10,12H2,1-2H3/b6-3+. The largest absolute Gasteiger partial charge is 0.496 e. The monoisotopic (exact) mass is 439 g/mol. The van der Waals surface area contributed by atoms with E-state index in [1.54, 1.807) is 30.2 Å². The highest BCUT2D eigenvalue weighted by molar-refractivity contribution is 9.10.